The minimum absolute atomic E-state index is 0.352. The highest BCUT2D eigenvalue weighted by Crippen LogP contribution is 2.16. The molecule has 24 heavy (non-hydrogen) atoms. The van der Waals surface area contributed by atoms with E-state index in [-0.39, 0.29) is 12.5 Å². The molecule has 2 aromatic rings. The van der Waals surface area contributed by atoms with Gasteiger partial charge < -0.3 is 14.8 Å². The zero-order chi connectivity index (χ0) is 17.5. The van der Waals surface area contributed by atoms with Gasteiger partial charge in [-0.05, 0) is 50.1 Å². The van der Waals surface area contributed by atoms with Crippen LogP contribution in [0, 0.1) is 13.8 Å². The fourth-order valence-corrected chi connectivity index (χ4v) is 2.06. The third-order valence-electron chi connectivity index (χ3n) is 3.40. The van der Waals surface area contributed by atoms with Crippen LogP contribution in [0.2, 0.25) is 0 Å². The van der Waals surface area contributed by atoms with Gasteiger partial charge in [0.1, 0.15) is 5.75 Å². The van der Waals surface area contributed by atoms with E-state index in [0.29, 0.717) is 11.4 Å². The SMILES string of the molecule is Cc1ccc(C)c(NC(=O)COC(=O)[C@@H](C)Oc2ccccc2)c1. The monoisotopic (exact) mass is 327 g/mol. The minimum Gasteiger partial charge on any atom is -0.479 e. The zero-order valence-electron chi connectivity index (χ0n) is 14.0. The molecular formula is C19H21NO4. The molecule has 0 saturated carbocycles. The van der Waals surface area contributed by atoms with E-state index in [2.05, 4.69) is 5.32 Å². The molecule has 0 unspecified atom stereocenters. The fourth-order valence-electron chi connectivity index (χ4n) is 2.06. The first kappa shape index (κ1) is 17.5. The number of para-hydroxylation sites is 1. The molecular weight excluding hydrogens is 306 g/mol. The van der Waals surface area contributed by atoms with Crippen molar-refractivity contribution in [2.24, 2.45) is 0 Å². The third-order valence-corrected chi connectivity index (χ3v) is 3.40. The van der Waals surface area contributed by atoms with Crippen LogP contribution >= 0.6 is 0 Å². The van der Waals surface area contributed by atoms with E-state index >= 15 is 0 Å². The van der Waals surface area contributed by atoms with Crippen LogP contribution < -0.4 is 10.1 Å². The van der Waals surface area contributed by atoms with E-state index in [1.807, 2.05) is 50.2 Å². The number of hydrogen-bond acceptors (Lipinski definition) is 4. The van der Waals surface area contributed by atoms with Crippen molar-refractivity contribution in [2.45, 2.75) is 26.9 Å². The Hall–Kier alpha value is -2.82. The molecule has 1 amide bonds. The van der Waals surface area contributed by atoms with Gasteiger partial charge in [-0.25, -0.2) is 4.79 Å². The van der Waals surface area contributed by atoms with Crippen LogP contribution in [0.5, 0.6) is 5.75 Å². The van der Waals surface area contributed by atoms with E-state index in [9.17, 15) is 9.59 Å². The molecule has 2 rings (SSSR count). The molecule has 5 nitrogen and oxygen atoms in total. The van der Waals surface area contributed by atoms with Gasteiger partial charge in [0.25, 0.3) is 5.91 Å². The number of rotatable bonds is 6. The molecule has 1 atom stereocenters. The van der Waals surface area contributed by atoms with Crippen molar-refractivity contribution < 1.29 is 19.1 Å². The van der Waals surface area contributed by atoms with E-state index in [1.54, 1.807) is 19.1 Å². The van der Waals surface area contributed by atoms with Crippen molar-refractivity contribution in [2.75, 3.05) is 11.9 Å². The van der Waals surface area contributed by atoms with Crippen molar-refractivity contribution in [3.63, 3.8) is 0 Å². The van der Waals surface area contributed by atoms with Crippen molar-refractivity contribution in [3.05, 3.63) is 59.7 Å². The summed E-state index contributed by atoms with van der Waals surface area (Å²) >= 11 is 0. The molecule has 0 radical (unpaired) electrons. The average Bonchev–Trinajstić information content (AvgIpc) is 2.57. The minimum atomic E-state index is -0.791. The summed E-state index contributed by atoms with van der Waals surface area (Å²) in [5, 5.41) is 2.74. The Bertz CT molecular complexity index is 713. The number of carbonyl (C=O) groups is 2. The molecule has 2 aromatic carbocycles. The number of ether oxygens (including phenoxy) is 2. The number of esters is 1. The first-order valence-electron chi connectivity index (χ1n) is 7.71. The molecule has 0 heterocycles. The molecule has 0 aliphatic rings. The lowest BCUT2D eigenvalue weighted by Crippen LogP contribution is -2.29. The molecule has 0 saturated heterocycles. The van der Waals surface area contributed by atoms with Gasteiger partial charge >= 0.3 is 5.97 Å². The number of carbonyl (C=O) groups excluding carboxylic acids is 2. The van der Waals surface area contributed by atoms with E-state index in [1.165, 1.54) is 0 Å². The first-order chi connectivity index (χ1) is 11.5. The molecule has 126 valence electrons. The number of nitrogens with one attached hydrogen (secondary N) is 1. The van der Waals surface area contributed by atoms with Gasteiger partial charge in [-0.1, -0.05) is 30.3 Å². The number of benzene rings is 2. The van der Waals surface area contributed by atoms with Crippen LogP contribution in [-0.2, 0) is 14.3 Å². The maximum absolute atomic E-state index is 11.9. The maximum atomic E-state index is 11.9. The Kier molecular flexibility index (Phi) is 5.95. The van der Waals surface area contributed by atoms with Gasteiger partial charge in [-0.15, -0.1) is 0 Å². The summed E-state index contributed by atoms with van der Waals surface area (Å²) in [6.45, 7) is 5.07. The van der Waals surface area contributed by atoms with Gasteiger partial charge in [0.2, 0.25) is 0 Å². The molecule has 5 heteroatoms. The number of amides is 1. The standard InChI is InChI=1S/C19H21NO4/c1-13-9-10-14(2)17(11-13)20-18(21)12-23-19(22)15(3)24-16-7-5-4-6-8-16/h4-11,15H,12H2,1-3H3,(H,20,21)/t15-/m1/s1. The van der Waals surface area contributed by atoms with Gasteiger partial charge in [0.15, 0.2) is 12.7 Å². The van der Waals surface area contributed by atoms with Crippen molar-refractivity contribution in [3.8, 4) is 5.75 Å². The Labute approximate surface area is 141 Å². The highest BCUT2D eigenvalue weighted by atomic mass is 16.6. The highest BCUT2D eigenvalue weighted by Gasteiger charge is 2.18. The molecule has 0 aromatic heterocycles. The van der Waals surface area contributed by atoms with Gasteiger partial charge in [0.05, 0.1) is 0 Å². The van der Waals surface area contributed by atoms with Crippen LogP contribution in [0.4, 0.5) is 5.69 Å². The quantitative estimate of drug-likeness (QED) is 0.827. The maximum Gasteiger partial charge on any atom is 0.347 e. The van der Waals surface area contributed by atoms with Crippen LogP contribution in [0.25, 0.3) is 0 Å². The van der Waals surface area contributed by atoms with Gasteiger partial charge in [-0.2, -0.15) is 0 Å². The summed E-state index contributed by atoms with van der Waals surface area (Å²) < 4.78 is 10.5. The lowest BCUT2D eigenvalue weighted by atomic mass is 10.1. The second-order valence-corrected chi connectivity index (χ2v) is 5.55. The molecule has 0 fully saturated rings. The van der Waals surface area contributed by atoms with Crippen LogP contribution in [0.1, 0.15) is 18.1 Å². The molecule has 0 aliphatic carbocycles. The Morgan fingerprint density at radius 3 is 2.50 bits per heavy atom. The Morgan fingerprint density at radius 2 is 1.79 bits per heavy atom. The van der Waals surface area contributed by atoms with Gasteiger partial charge in [-0.3, -0.25) is 4.79 Å². The normalized spacial score (nSPS) is 11.5. The largest absolute Gasteiger partial charge is 0.479 e. The van der Waals surface area contributed by atoms with Crippen molar-refractivity contribution >= 4 is 17.6 Å². The Morgan fingerprint density at radius 1 is 1.08 bits per heavy atom. The van der Waals surface area contributed by atoms with Crippen molar-refractivity contribution in [1.29, 1.82) is 0 Å². The average molecular weight is 327 g/mol. The predicted molar refractivity (Wildman–Crippen MR) is 92.0 cm³/mol. The van der Waals surface area contributed by atoms with Gasteiger partial charge in [0, 0.05) is 5.69 Å². The topological polar surface area (TPSA) is 64.6 Å². The predicted octanol–water partition coefficient (Wildman–Crippen LogP) is 3.25. The summed E-state index contributed by atoms with van der Waals surface area (Å²) in [7, 11) is 0. The lowest BCUT2D eigenvalue weighted by Gasteiger charge is -2.14. The number of aryl methyl sites for hydroxylation is 2. The summed E-state index contributed by atoms with van der Waals surface area (Å²) in [6, 6.07) is 14.7. The molecule has 0 bridgehead atoms. The summed E-state index contributed by atoms with van der Waals surface area (Å²) in [6.07, 6.45) is -0.791. The molecule has 1 N–H and O–H groups in total. The molecule has 0 aliphatic heterocycles. The highest BCUT2D eigenvalue weighted by molar-refractivity contribution is 5.93. The fraction of sp³-hybridized carbons (Fsp3) is 0.263. The zero-order valence-corrected chi connectivity index (χ0v) is 14.0. The number of anilines is 1. The smallest absolute Gasteiger partial charge is 0.347 e. The lowest BCUT2D eigenvalue weighted by molar-refractivity contribution is -0.153. The number of hydrogen-bond donors (Lipinski definition) is 1. The van der Waals surface area contributed by atoms with E-state index in [4.69, 9.17) is 9.47 Å². The summed E-state index contributed by atoms with van der Waals surface area (Å²) in [4.78, 5) is 23.8. The third kappa shape index (κ3) is 5.12. The second kappa shape index (κ2) is 8.15. The second-order valence-electron chi connectivity index (χ2n) is 5.55. The van der Waals surface area contributed by atoms with E-state index < -0.39 is 12.1 Å². The Balaban J connectivity index is 1.82. The van der Waals surface area contributed by atoms with E-state index in [0.717, 1.165) is 11.1 Å². The van der Waals surface area contributed by atoms with Crippen LogP contribution in [0.3, 0.4) is 0 Å². The molecule has 0 spiro atoms. The summed E-state index contributed by atoms with van der Waals surface area (Å²) in [5.41, 5.74) is 2.70. The van der Waals surface area contributed by atoms with Crippen LogP contribution in [0.15, 0.2) is 48.5 Å². The van der Waals surface area contributed by atoms with Crippen LogP contribution in [-0.4, -0.2) is 24.6 Å². The first-order valence-corrected chi connectivity index (χ1v) is 7.71. The van der Waals surface area contributed by atoms with Crippen molar-refractivity contribution in [1.82, 2.24) is 0 Å². The summed E-state index contributed by atoms with van der Waals surface area (Å²) in [5.74, 6) is -0.402.